The van der Waals surface area contributed by atoms with E-state index < -0.39 is 11.6 Å². The fraction of sp³-hybridized carbons (Fsp3) is 0.133. The lowest BCUT2D eigenvalue weighted by atomic mass is 10.1. The number of benzene rings is 2. The molecule has 0 saturated heterocycles. The van der Waals surface area contributed by atoms with E-state index in [1.165, 1.54) is 6.07 Å². The first-order chi connectivity index (χ1) is 9.86. The van der Waals surface area contributed by atoms with Crippen molar-refractivity contribution in [2.24, 2.45) is 0 Å². The number of rotatable bonds is 2. The molecule has 2 aromatic rings. The molecule has 110 valence electrons. The van der Waals surface area contributed by atoms with Gasteiger partial charge in [0.25, 0.3) is 0 Å². The lowest BCUT2D eigenvalue weighted by Crippen LogP contribution is -2.20. The van der Waals surface area contributed by atoms with E-state index in [1.54, 1.807) is 0 Å². The average Bonchev–Trinajstić information content (AvgIpc) is 2.37. The Bertz CT molecular complexity index is 681. The maximum atomic E-state index is 13.7. The molecule has 2 N–H and O–H groups in total. The van der Waals surface area contributed by atoms with E-state index in [9.17, 15) is 8.78 Å². The Kier molecular flexibility index (Phi) is 4.90. The molecule has 0 atom stereocenters. The number of nitrogens with one attached hydrogen (secondary N) is 2. The molecule has 2 nitrogen and oxygen atoms in total. The normalized spacial score (nSPS) is 10.3. The number of aryl methyl sites for hydroxylation is 2. The Morgan fingerprint density at radius 2 is 1.81 bits per heavy atom. The van der Waals surface area contributed by atoms with Gasteiger partial charge >= 0.3 is 0 Å². The van der Waals surface area contributed by atoms with Gasteiger partial charge in [-0.2, -0.15) is 0 Å². The van der Waals surface area contributed by atoms with E-state index in [2.05, 4.69) is 26.6 Å². The monoisotopic (exact) mass is 370 g/mol. The van der Waals surface area contributed by atoms with Crippen molar-refractivity contribution >= 4 is 44.6 Å². The van der Waals surface area contributed by atoms with Gasteiger partial charge in [-0.1, -0.05) is 17.7 Å². The highest BCUT2D eigenvalue weighted by Gasteiger charge is 2.11. The molecule has 2 aromatic carbocycles. The molecule has 0 bridgehead atoms. The molecule has 0 aliphatic carbocycles. The lowest BCUT2D eigenvalue weighted by molar-refractivity contribution is 0.585. The van der Waals surface area contributed by atoms with Crippen molar-refractivity contribution in [3.8, 4) is 0 Å². The van der Waals surface area contributed by atoms with Crippen LogP contribution >= 0.6 is 28.1 Å². The quantitative estimate of drug-likeness (QED) is 0.714. The van der Waals surface area contributed by atoms with Crippen molar-refractivity contribution in [3.05, 3.63) is 57.6 Å². The van der Waals surface area contributed by atoms with Crippen LogP contribution in [0.3, 0.4) is 0 Å². The van der Waals surface area contributed by atoms with Gasteiger partial charge in [0.15, 0.2) is 10.9 Å². The summed E-state index contributed by atoms with van der Waals surface area (Å²) in [6, 6.07) is 7.83. The number of anilines is 2. The molecule has 0 amide bonds. The van der Waals surface area contributed by atoms with E-state index in [4.69, 9.17) is 12.2 Å². The van der Waals surface area contributed by atoms with Gasteiger partial charge in [0, 0.05) is 16.2 Å². The van der Waals surface area contributed by atoms with Crippen LogP contribution in [0.4, 0.5) is 20.2 Å². The standard InChI is InChI=1S/C15H13BrF2N2S/c1-8-3-4-13(9(2)5-8)19-15(21)20-14-11(16)6-10(17)7-12(14)18/h3-7H,1-2H3,(H2,19,20,21). The molecule has 0 aromatic heterocycles. The van der Waals surface area contributed by atoms with Gasteiger partial charge in [-0.3, -0.25) is 0 Å². The highest BCUT2D eigenvalue weighted by atomic mass is 79.9. The van der Waals surface area contributed by atoms with Crippen molar-refractivity contribution in [3.63, 3.8) is 0 Å². The predicted octanol–water partition coefficient (Wildman–Crippen LogP) is 5.15. The second-order valence-corrected chi connectivity index (χ2v) is 5.90. The Balaban J connectivity index is 2.16. The van der Waals surface area contributed by atoms with Crippen molar-refractivity contribution in [1.82, 2.24) is 0 Å². The summed E-state index contributed by atoms with van der Waals surface area (Å²) in [6.45, 7) is 3.95. The molecule has 0 spiro atoms. The minimum absolute atomic E-state index is 0.0960. The predicted molar refractivity (Wildman–Crippen MR) is 89.8 cm³/mol. The SMILES string of the molecule is Cc1ccc(NC(=S)Nc2c(F)cc(F)cc2Br)c(C)c1. The topological polar surface area (TPSA) is 24.1 Å². The van der Waals surface area contributed by atoms with Gasteiger partial charge in [0.1, 0.15) is 5.82 Å². The summed E-state index contributed by atoms with van der Waals surface area (Å²) < 4.78 is 27.0. The Morgan fingerprint density at radius 3 is 2.43 bits per heavy atom. The van der Waals surface area contributed by atoms with Gasteiger partial charge in [-0.15, -0.1) is 0 Å². The smallest absolute Gasteiger partial charge is 0.175 e. The number of hydrogen-bond donors (Lipinski definition) is 2. The number of hydrogen-bond acceptors (Lipinski definition) is 1. The highest BCUT2D eigenvalue weighted by Crippen LogP contribution is 2.27. The Labute approximate surface area is 135 Å². The van der Waals surface area contributed by atoms with Crippen LogP contribution in [0.25, 0.3) is 0 Å². The van der Waals surface area contributed by atoms with Crippen LogP contribution in [0.1, 0.15) is 11.1 Å². The van der Waals surface area contributed by atoms with Crippen molar-refractivity contribution < 1.29 is 8.78 Å². The summed E-state index contributed by atoms with van der Waals surface area (Å²) in [7, 11) is 0. The molecule has 6 heteroatoms. The van der Waals surface area contributed by atoms with Crippen LogP contribution < -0.4 is 10.6 Å². The van der Waals surface area contributed by atoms with Crippen LogP contribution in [0.5, 0.6) is 0 Å². The molecule has 0 aliphatic rings. The summed E-state index contributed by atoms with van der Waals surface area (Å²) >= 11 is 8.27. The molecular formula is C15H13BrF2N2S. The van der Waals surface area contributed by atoms with Crippen LogP contribution in [0, 0.1) is 25.5 Å². The molecule has 0 saturated carbocycles. The van der Waals surface area contributed by atoms with Crippen molar-refractivity contribution in [1.29, 1.82) is 0 Å². The van der Waals surface area contributed by atoms with E-state index in [0.717, 1.165) is 22.9 Å². The van der Waals surface area contributed by atoms with Crippen LogP contribution in [0.2, 0.25) is 0 Å². The summed E-state index contributed by atoms with van der Waals surface area (Å²) in [6.07, 6.45) is 0. The zero-order chi connectivity index (χ0) is 15.6. The first-order valence-electron chi connectivity index (χ1n) is 6.16. The second-order valence-electron chi connectivity index (χ2n) is 4.64. The summed E-state index contributed by atoms with van der Waals surface area (Å²) in [4.78, 5) is 0. The van der Waals surface area contributed by atoms with Crippen LogP contribution in [0.15, 0.2) is 34.8 Å². The third kappa shape index (κ3) is 3.98. The fourth-order valence-corrected chi connectivity index (χ4v) is 2.60. The first-order valence-corrected chi connectivity index (χ1v) is 7.37. The average molecular weight is 371 g/mol. The highest BCUT2D eigenvalue weighted by molar-refractivity contribution is 9.10. The molecule has 21 heavy (non-hydrogen) atoms. The maximum absolute atomic E-state index is 13.7. The largest absolute Gasteiger partial charge is 0.332 e. The van der Waals surface area contributed by atoms with Gasteiger partial charge in [0.05, 0.1) is 5.69 Å². The van der Waals surface area contributed by atoms with Gasteiger partial charge in [-0.25, -0.2) is 8.78 Å². The van der Waals surface area contributed by atoms with E-state index >= 15 is 0 Å². The zero-order valence-electron chi connectivity index (χ0n) is 11.4. The molecule has 2 rings (SSSR count). The van der Waals surface area contributed by atoms with Crippen LogP contribution in [-0.4, -0.2) is 5.11 Å². The third-order valence-electron chi connectivity index (χ3n) is 2.88. The molecule has 0 aliphatic heterocycles. The molecular weight excluding hydrogens is 358 g/mol. The van der Waals surface area contributed by atoms with Crippen LogP contribution in [-0.2, 0) is 0 Å². The van der Waals surface area contributed by atoms with Gasteiger partial charge < -0.3 is 10.6 Å². The Hall–Kier alpha value is -1.53. The fourth-order valence-electron chi connectivity index (χ4n) is 1.88. The van der Waals surface area contributed by atoms with E-state index in [1.807, 2.05) is 32.0 Å². The molecule has 0 fully saturated rings. The van der Waals surface area contributed by atoms with Crippen molar-refractivity contribution in [2.75, 3.05) is 10.6 Å². The summed E-state index contributed by atoms with van der Waals surface area (Å²) in [5, 5.41) is 5.95. The second kappa shape index (κ2) is 6.49. The first kappa shape index (κ1) is 15.9. The van der Waals surface area contributed by atoms with Crippen molar-refractivity contribution in [2.45, 2.75) is 13.8 Å². The molecule has 0 radical (unpaired) electrons. The number of halogens is 3. The zero-order valence-corrected chi connectivity index (χ0v) is 13.8. The summed E-state index contributed by atoms with van der Waals surface area (Å²) in [5.74, 6) is -1.37. The van der Waals surface area contributed by atoms with Gasteiger partial charge in [-0.05, 0) is 59.7 Å². The number of thiocarbonyl (C=S) groups is 1. The lowest BCUT2D eigenvalue weighted by Gasteiger charge is -2.14. The minimum atomic E-state index is -0.716. The molecule has 0 unspecified atom stereocenters. The molecule has 0 heterocycles. The van der Waals surface area contributed by atoms with Gasteiger partial charge in [0.2, 0.25) is 0 Å². The summed E-state index contributed by atoms with van der Waals surface area (Å²) in [5.41, 5.74) is 3.09. The van der Waals surface area contributed by atoms with E-state index in [0.29, 0.717) is 0 Å². The third-order valence-corrected chi connectivity index (χ3v) is 3.71. The maximum Gasteiger partial charge on any atom is 0.175 e. The van der Waals surface area contributed by atoms with E-state index in [-0.39, 0.29) is 15.3 Å². The minimum Gasteiger partial charge on any atom is -0.332 e. The Morgan fingerprint density at radius 1 is 1.10 bits per heavy atom.